The van der Waals surface area contributed by atoms with Crippen LogP contribution in [0, 0.1) is 13.8 Å². The van der Waals surface area contributed by atoms with Gasteiger partial charge in [-0.25, -0.2) is 0 Å². The number of nitrogens with zero attached hydrogens (tertiary/aromatic N) is 3. The van der Waals surface area contributed by atoms with Crippen LogP contribution in [0.15, 0.2) is 36.0 Å². The lowest BCUT2D eigenvalue weighted by Gasteiger charge is -2.11. The number of carbonyl (C=O) groups excluding carboxylic acids is 1. The standard InChI is InChI=1S/C17H21N3O3S/c1-5-8-20-15(18-19-17(20)24-11-16(21)22-4)10-23-14-7-6-12(2)9-13(14)3/h5-7,9H,1,8,10-11H2,2-4H3. The minimum atomic E-state index is -0.304. The SMILES string of the molecule is C=CCn1c(COc2ccc(C)cc2C)nnc1SCC(=O)OC. The fourth-order valence-electron chi connectivity index (χ4n) is 2.13. The van der Waals surface area contributed by atoms with Crippen LogP contribution in [0.1, 0.15) is 17.0 Å². The van der Waals surface area contributed by atoms with E-state index in [1.54, 1.807) is 6.08 Å². The molecule has 7 heteroatoms. The summed E-state index contributed by atoms with van der Waals surface area (Å²) in [7, 11) is 1.36. The minimum Gasteiger partial charge on any atom is -0.485 e. The molecule has 2 aromatic rings. The van der Waals surface area contributed by atoms with Crippen molar-refractivity contribution in [1.29, 1.82) is 0 Å². The van der Waals surface area contributed by atoms with Gasteiger partial charge in [-0.15, -0.1) is 16.8 Å². The Morgan fingerprint density at radius 2 is 2.17 bits per heavy atom. The predicted octanol–water partition coefficient (Wildman–Crippen LogP) is 2.93. The van der Waals surface area contributed by atoms with Crippen LogP contribution < -0.4 is 4.74 Å². The molecule has 6 nitrogen and oxygen atoms in total. The van der Waals surface area contributed by atoms with E-state index in [2.05, 4.69) is 27.6 Å². The van der Waals surface area contributed by atoms with Crippen molar-refractivity contribution >= 4 is 17.7 Å². The first-order valence-electron chi connectivity index (χ1n) is 7.47. The van der Waals surface area contributed by atoms with E-state index in [0.717, 1.165) is 11.3 Å². The second kappa shape index (κ2) is 8.54. The molecular formula is C17H21N3O3S. The largest absolute Gasteiger partial charge is 0.485 e. The number of aromatic nitrogens is 3. The lowest BCUT2D eigenvalue weighted by atomic mass is 10.1. The van der Waals surface area contributed by atoms with E-state index in [0.29, 0.717) is 24.1 Å². The number of thioether (sulfide) groups is 1. The first-order chi connectivity index (χ1) is 11.5. The lowest BCUT2D eigenvalue weighted by Crippen LogP contribution is -2.09. The number of benzene rings is 1. The number of aryl methyl sites for hydroxylation is 2. The Bertz CT molecular complexity index is 728. The van der Waals surface area contributed by atoms with Crippen molar-refractivity contribution in [3.63, 3.8) is 0 Å². The second-order valence-electron chi connectivity index (χ2n) is 5.22. The highest BCUT2D eigenvalue weighted by Gasteiger charge is 2.14. The van der Waals surface area contributed by atoms with E-state index in [9.17, 15) is 4.79 Å². The van der Waals surface area contributed by atoms with E-state index < -0.39 is 0 Å². The molecule has 0 aliphatic rings. The average molecular weight is 347 g/mol. The fourth-order valence-corrected chi connectivity index (χ4v) is 2.93. The fraction of sp³-hybridized carbons (Fsp3) is 0.353. The number of methoxy groups -OCH3 is 1. The molecule has 0 atom stereocenters. The zero-order valence-electron chi connectivity index (χ0n) is 14.1. The molecule has 0 N–H and O–H groups in total. The van der Waals surface area contributed by atoms with Gasteiger partial charge < -0.3 is 9.47 Å². The van der Waals surface area contributed by atoms with Gasteiger partial charge in [0.2, 0.25) is 0 Å². The molecule has 0 radical (unpaired) electrons. The van der Waals surface area contributed by atoms with Crippen LogP contribution in [0.5, 0.6) is 5.75 Å². The third kappa shape index (κ3) is 4.61. The predicted molar refractivity (Wildman–Crippen MR) is 93.2 cm³/mol. The van der Waals surface area contributed by atoms with Crippen molar-refractivity contribution in [3.05, 3.63) is 47.8 Å². The number of ether oxygens (including phenoxy) is 2. The summed E-state index contributed by atoms with van der Waals surface area (Å²) < 4.78 is 12.4. The first kappa shape index (κ1) is 18.1. The lowest BCUT2D eigenvalue weighted by molar-refractivity contribution is -0.137. The first-order valence-corrected chi connectivity index (χ1v) is 8.46. The smallest absolute Gasteiger partial charge is 0.316 e. The maximum Gasteiger partial charge on any atom is 0.316 e. The summed E-state index contributed by atoms with van der Waals surface area (Å²) in [6.07, 6.45) is 1.76. The van der Waals surface area contributed by atoms with Crippen LogP contribution in [0.3, 0.4) is 0 Å². The van der Waals surface area contributed by atoms with E-state index in [4.69, 9.17) is 4.74 Å². The van der Waals surface area contributed by atoms with Gasteiger partial charge in [0.15, 0.2) is 11.0 Å². The van der Waals surface area contributed by atoms with Gasteiger partial charge in [-0.2, -0.15) is 0 Å². The summed E-state index contributed by atoms with van der Waals surface area (Å²) in [6.45, 7) is 8.64. The van der Waals surface area contributed by atoms with Crippen LogP contribution in [0.2, 0.25) is 0 Å². The summed E-state index contributed by atoms with van der Waals surface area (Å²) in [5, 5.41) is 8.94. The van der Waals surface area contributed by atoms with Crippen LogP contribution in [-0.2, 0) is 22.7 Å². The molecule has 0 saturated heterocycles. The molecule has 0 aliphatic carbocycles. The van der Waals surface area contributed by atoms with Gasteiger partial charge in [-0.05, 0) is 25.5 Å². The Kier molecular flexibility index (Phi) is 6.43. The summed E-state index contributed by atoms with van der Waals surface area (Å²) in [5.74, 6) is 1.38. The number of hydrogen-bond donors (Lipinski definition) is 0. The molecule has 24 heavy (non-hydrogen) atoms. The Labute approximate surface area is 145 Å². The highest BCUT2D eigenvalue weighted by molar-refractivity contribution is 7.99. The van der Waals surface area contributed by atoms with Gasteiger partial charge in [0.25, 0.3) is 0 Å². The summed E-state index contributed by atoms with van der Waals surface area (Å²) in [5.41, 5.74) is 2.27. The Hall–Kier alpha value is -2.28. The van der Waals surface area contributed by atoms with Gasteiger partial charge in [-0.1, -0.05) is 35.5 Å². The molecule has 0 spiro atoms. The molecule has 0 amide bonds. The van der Waals surface area contributed by atoms with Crippen molar-refractivity contribution in [2.45, 2.75) is 32.2 Å². The monoisotopic (exact) mass is 347 g/mol. The van der Waals surface area contributed by atoms with Crippen molar-refractivity contribution in [1.82, 2.24) is 14.8 Å². The summed E-state index contributed by atoms with van der Waals surface area (Å²) in [4.78, 5) is 11.3. The van der Waals surface area contributed by atoms with Crippen molar-refractivity contribution in [2.24, 2.45) is 0 Å². The second-order valence-corrected chi connectivity index (χ2v) is 6.16. The molecule has 128 valence electrons. The summed E-state index contributed by atoms with van der Waals surface area (Å²) >= 11 is 1.28. The van der Waals surface area contributed by atoms with Crippen molar-refractivity contribution in [2.75, 3.05) is 12.9 Å². The highest BCUT2D eigenvalue weighted by Crippen LogP contribution is 2.21. The normalized spacial score (nSPS) is 10.5. The number of esters is 1. The number of carbonyl (C=O) groups is 1. The molecule has 2 rings (SSSR count). The van der Waals surface area contributed by atoms with Gasteiger partial charge in [-0.3, -0.25) is 9.36 Å². The molecule has 0 unspecified atom stereocenters. The molecule has 1 aromatic heterocycles. The van der Waals surface area contributed by atoms with Crippen LogP contribution in [-0.4, -0.2) is 33.6 Å². The Morgan fingerprint density at radius 3 is 2.83 bits per heavy atom. The molecule has 1 aromatic carbocycles. The van der Waals surface area contributed by atoms with Crippen LogP contribution >= 0.6 is 11.8 Å². The third-order valence-corrected chi connectivity index (χ3v) is 4.28. The van der Waals surface area contributed by atoms with Crippen molar-refractivity contribution in [3.8, 4) is 5.75 Å². The van der Waals surface area contributed by atoms with E-state index in [-0.39, 0.29) is 11.7 Å². The zero-order valence-corrected chi connectivity index (χ0v) is 14.9. The molecule has 1 heterocycles. The van der Waals surface area contributed by atoms with E-state index in [1.165, 1.54) is 24.4 Å². The van der Waals surface area contributed by atoms with E-state index in [1.807, 2.05) is 30.5 Å². The van der Waals surface area contributed by atoms with Gasteiger partial charge in [0, 0.05) is 6.54 Å². The van der Waals surface area contributed by atoms with Gasteiger partial charge >= 0.3 is 5.97 Å². The molecular weight excluding hydrogens is 326 g/mol. The number of allylic oxidation sites excluding steroid dienone is 1. The van der Waals surface area contributed by atoms with Crippen LogP contribution in [0.25, 0.3) is 0 Å². The van der Waals surface area contributed by atoms with Crippen molar-refractivity contribution < 1.29 is 14.3 Å². The Balaban J connectivity index is 2.10. The van der Waals surface area contributed by atoms with Gasteiger partial charge in [0.1, 0.15) is 12.4 Å². The third-order valence-electron chi connectivity index (χ3n) is 3.34. The molecule has 0 fully saturated rings. The molecule has 0 bridgehead atoms. The topological polar surface area (TPSA) is 66.2 Å². The van der Waals surface area contributed by atoms with Gasteiger partial charge in [0.05, 0.1) is 12.9 Å². The Morgan fingerprint density at radius 1 is 1.38 bits per heavy atom. The zero-order chi connectivity index (χ0) is 17.5. The maximum atomic E-state index is 11.3. The molecule has 0 saturated carbocycles. The quantitative estimate of drug-likeness (QED) is 0.415. The molecule has 0 aliphatic heterocycles. The average Bonchev–Trinajstić information content (AvgIpc) is 2.94. The minimum absolute atomic E-state index is 0.184. The number of hydrogen-bond acceptors (Lipinski definition) is 6. The maximum absolute atomic E-state index is 11.3. The number of rotatable bonds is 8. The van der Waals surface area contributed by atoms with E-state index >= 15 is 0 Å². The highest BCUT2D eigenvalue weighted by atomic mass is 32.2. The summed E-state index contributed by atoms with van der Waals surface area (Å²) in [6, 6.07) is 6.03. The van der Waals surface area contributed by atoms with Crippen LogP contribution in [0.4, 0.5) is 0 Å².